The van der Waals surface area contributed by atoms with Crippen LogP contribution in [0.3, 0.4) is 0 Å². The molecule has 8 heteroatoms. The van der Waals surface area contributed by atoms with Crippen LogP contribution < -0.4 is 16.2 Å². The van der Waals surface area contributed by atoms with Crippen molar-refractivity contribution < 1.29 is 9.59 Å². The van der Waals surface area contributed by atoms with Gasteiger partial charge in [0.15, 0.2) is 5.13 Å². The number of pyridine rings is 1. The van der Waals surface area contributed by atoms with Gasteiger partial charge in [-0.2, -0.15) is 0 Å². The standard InChI is InChI=1S/C20H20N4O3S/c1-12(2)13-3-6-15(7-4-13)22-18(26)9-16-11-28-20(23-16)24-19(27)14-5-8-17(25)21-10-14/h3-8,10-12H,9H2,1-2H3,(H,21,25)(H,22,26)(H,23,24,27). The van der Waals surface area contributed by atoms with Gasteiger partial charge in [-0.25, -0.2) is 4.98 Å². The van der Waals surface area contributed by atoms with Crippen LogP contribution in [0, 0.1) is 0 Å². The Morgan fingerprint density at radius 1 is 1.11 bits per heavy atom. The number of anilines is 2. The Balaban J connectivity index is 1.56. The quantitative estimate of drug-likeness (QED) is 0.594. The van der Waals surface area contributed by atoms with Crippen LogP contribution in [0.15, 0.2) is 52.8 Å². The molecule has 0 aliphatic carbocycles. The molecule has 0 aliphatic heterocycles. The molecule has 0 spiro atoms. The Labute approximate surface area is 165 Å². The molecule has 0 saturated carbocycles. The molecular weight excluding hydrogens is 376 g/mol. The number of aromatic nitrogens is 2. The lowest BCUT2D eigenvalue weighted by Gasteiger charge is -2.08. The van der Waals surface area contributed by atoms with E-state index >= 15 is 0 Å². The molecule has 2 aromatic heterocycles. The molecule has 0 unspecified atom stereocenters. The van der Waals surface area contributed by atoms with Crippen molar-refractivity contribution in [1.82, 2.24) is 9.97 Å². The van der Waals surface area contributed by atoms with Crippen molar-refractivity contribution >= 4 is 34.0 Å². The second-order valence-electron chi connectivity index (χ2n) is 6.54. The van der Waals surface area contributed by atoms with E-state index < -0.39 is 0 Å². The molecule has 2 heterocycles. The molecule has 0 atom stereocenters. The molecule has 0 fully saturated rings. The van der Waals surface area contributed by atoms with Crippen molar-refractivity contribution in [2.24, 2.45) is 0 Å². The van der Waals surface area contributed by atoms with Crippen molar-refractivity contribution in [3.63, 3.8) is 0 Å². The van der Waals surface area contributed by atoms with Crippen molar-refractivity contribution in [1.29, 1.82) is 0 Å². The van der Waals surface area contributed by atoms with E-state index in [9.17, 15) is 14.4 Å². The molecule has 3 N–H and O–H groups in total. The Bertz CT molecular complexity index is 1020. The largest absolute Gasteiger partial charge is 0.328 e. The van der Waals surface area contributed by atoms with Gasteiger partial charge in [-0.15, -0.1) is 11.3 Å². The van der Waals surface area contributed by atoms with Crippen LogP contribution in [0.4, 0.5) is 10.8 Å². The summed E-state index contributed by atoms with van der Waals surface area (Å²) in [7, 11) is 0. The van der Waals surface area contributed by atoms with Crippen LogP contribution in [0.5, 0.6) is 0 Å². The minimum Gasteiger partial charge on any atom is -0.328 e. The zero-order valence-electron chi connectivity index (χ0n) is 15.5. The van der Waals surface area contributed by atoms with E-state index in [1.54, 1.807) is 5.38 Å². The molecule has 0 aliphatic rings. The highest BCUT2D eigenvalue weighted by atomic mass is 32.1. The molecule has 144 valence electrons. The van der Waals surface area contributed by atoms with E-state index in [4.69, 9.17) is 0 Å². The number of hydrogen-bond acceptors (Lipinski definition) is 5. The first-order valence-electron chi connectivity index (χ1n) is 8.75. The molecule has 0 bridgehead atoms. The maximum atomic E-state index is 12.2. The summed E-state index contributed by atoms with van der Waals surface area (Å²) < 4.78 is 0. The number of carbonyl (C=O) groups is 2. The number of thiazole rings is 1. The van der Waals surface area contributed by atoms with E-state index in [0.717, 1.165) is 5.69 Å². The highest BCUT2D eigenvalue weighted by Crippen LogP contribution is 2.19. The fraction of sp³-hybridized carbons (Fsp3) is 0.200. The second-order valence-corrected chi connectivity index (χ2v) is 7.40. The van der Waals surface area contributed by atoms with Crippen LogP contribution in [-0.2, 0) is 11.2 Å². The second kappa shape index (κ2) is 8.62. The number of rotatable bonds is 6. The first-order valence-corrected chi connectivity index (χ1v) is 9.63. The van der Waals surface area contributed by atoms with Crippen LogP contribution >= 0.6 is 11.3 Å². The Hall–Kier alpha value is -3.26. The van der Waals surface area contributed by atoms with Crippen LogP contribution in [-0.4, -0.2) is 21.8 Å². The first kappa shape index (κ1) is 19.5. The SMILES string of the molecule is CC(C)c1ccc(NC(=O)Cc2csc(NC(=O)c3ccc(=O)[nH]c3)n2)cc1. The smallest absolute Gasteiger partial charge is 0.258 e. The first-order chi connectivity index (χ1) is 13.4. The Kier molecular flexibility index (Phi) is 6.00. The molecule has 3 aromatic rings. The van der Waals surface area contributed by atoms with Crippen LogP contribution in [0.1, 0.15) is 41.4 Å². The van der Waals surface area contributed by atoms with Gasteiger partial charge >= 0.3 is 0 Å². The lowest BCUT2D eigenvalue weighted by Crippen LogP contribution is -2.16. The van der Waals surface area contributed by atoms with E-state index in [2.05, 4.69) is 34.4 Å². The number of aromatic amines is 1. The van der Waals surface area contributed by atoms with E-state index in [0.29, 0.717) is 22.3 Å². The third-order valence-corrected chi connectivity index (χ3v) is 4.83. The summed E-state index contributed by atoms with van der Waals surface area (Å²) in [6, 6.07) is 10.5. The van der Waals surface area contributed by atoms with E-state index in [-0.39, 0.29) is 23.8 Å². The van der Waals surface area contributed by atoms with Gasteiger partial charge in [-0.05, 0) is 29.7 Å². The molecule has 2 amide bonds. The maximum absolute atomic E-state index is 12.2. The van der Waals surface area contributed by atoms with Gasteiger partial charge in [0.25, 0.3) is 5.91 Å². The van der Waals surface area contributed by atoms with Crippen molar-refractivity contribution in [3.8, 4) is 0 Å². The number of benzene rings is 1. The van der Waals surface area contributed by atoms with Crippen LogP contribution in [0.2, 0.25) is 0 Å². The monoisotopic (exact) mass is 396 g/mol. The van der Waals surface area contributed by atoms with Gasteiger partial charge in [0.05, 0.1) is 17.7 Å². The number of H-pyrrole nitrogens is 1. The zero-order chi connectivity index (χ0) is 20.1. The summed E-state index contributed by atoms with van der Waals surface area (Å²) in [6.45, 7) is 4.23. The van der Waals surface area contributed by atoms with Crippen molar-refractivity contribution in [2.45, 2.75) is 26.2 Å². The summed E-state index contributed by atoms with van der Waals surface area (Å²) in [5.41, 5.74) is 2.55. The van der Waals surface area contributed by atoms with Gasteiger partial charge in [0.2, 0.25) is 11.5 Å². The summed E-state index contributed by atoms with van der Waals surface area (Å²) >= 11 is 1.23. The number of nitrogens with one attached hydrogen (secondary N) is 3. The van der Waals surface area contributed by atoms with Gasteiger partial charge in [0.1, 0.15) is 0 Å². The molecule has 28 heavy (non-hydrogen) atoms. The Morgan fingerprint density at radius 3 is 2.50 bits per heavy atom. The van der Waals surface area contributed by atoms with Gasteiger partial charge in [-0.1, -0.05) is 26.0 Å². The number of nitrogens with zero attached hydrogens (tertiary/aromatic N) is 1. The molecule has 0 radical (unpaired) electrons. The van der Waals surface area contributed by atoms with Crippen LogP contribution in [0.25, 0.3) is 0 Å². The summed E-state index contributed by atoms with van der Waals surface area (Å²) in [6.07, 6.45) is 1.45. The third-order valence-electron chi connectivity index (χ3n) is 4.02. The normalized spacial score (nSPS) is 10.7. The number of hydrogen-bond donors (Lipinski definition) is 3. The maximum Gasteiger partial charge on any atom is 0.258 e. The number of amides is 2. The molecule has 0 saturated heterocycles. The summed E-state index contributed by atoms with van der Waals surface area (Å²) in [5, 5.41) is 7.61. The average molecular weight is 396 g/mol. The summed E-state index contributed by atoms with van der Waals surface area (Å²) in [4.78, 5) is 42.1. The van der Waals surface area contributed by atoms with E-state index in [1.165, 1.54) is 35.2 Å². The fourth-order valence-electron chi connectivity index (χ4n) is 2.49. The lowest BCUT2D eigenvalue weighted by atomic mass is 10.0. The number of carbonyl (C=O) groups excluding carboxylic acids is 2. The lowest BCUT2D eigenvalue weighted by molar-refractivity contribution is -0.115. The fourth-order valence-corrected chi connectivity index (χ4v) is 3.19. The van der Waals surface area contributed by atoms with Gasteiger partial charge < -0.3 is 10.3 Å². The minimum absolute atomic E-state index is 0.108. The predicted molar refractivity (Wildman–Crippen MR) is 110 cm³/mol. The minimum atomic E-state index is -0.383. The highest BCUT2D eigenvalue weighted by molar-refractivity contribution is 7.14. The zero-order valence-corrected chi connectivity index (χ0v) is 16.3. The summed E-state index contributed by atoms with van der Waals surface area (Å²) in [5.74, 6) is -0.127. The average Bonchev–Trinajstić information content (AvgIpc) is 3.09. The van der Waals surface area contributed by atoms with Gasteiger partial charge in [-0.3, -0.25) is 19.7 Å². The third kappa shape index (κ3) is 5.14. The predicted octanol–water partition coefficient (Wildman–Crippen LogP) is 3.39. The Morgan fingerprint density at radius 2 is 1.86 bits per heavy atom. The van der Waals surface area contributed by atoms with Crippen molar-refractivity contribution in [3.05, 3.63) is 75.1 Å². The molecule has 1 aromatic carbocycles. The van der Waals surface area contributed by atoms with Gasteiger partial charge in [0, 0.05) is 23.3 Å². The van der Waals surface area contributed by atoms with E-state index in [1.807, 2.05) is 24.3 Å². The highest BCUT2D eigenvalue weighted by Gasteiger charge is 2.12. The molecule has 3 rings (SSSR count). The molecular formula is C20H20N4O3S. The van der Waals surface area contributed by atoms with Crippen molar-refractivity contribution in [2.75, 3.05) is 10.6 Å². The topological polar surface area (TPSA) is 104 Å². The molecule has 7 nitrogen and oxygen atoms in total.